The van der Waals surface area contributed by atoms with Crippen LogP contribution in [0.1, 0.15) is 33.6 Å². The number of ether oxygens (including phenoxy) is 1. The summed E-state index contributed by atoms with van der Waals surface area (Å²) in [5, 5.41) is 14.2. The van der Waals surface area contributed by atoms with E-state index in [0.29, 0.717) is 6.61 Å². The van der Waals surface area contributed by atoms with Crippen LogP contribution in [-0.4, -0.2) is 42.9 Å². The number of urea groups is 1. The number of carbonyl (C=O) groups excluding carboxylic acids is 1. The van der Waals surface area contributed by atoms with E-state index in [1.807, 2.05) is 20.8 Å². The molecular weight excluding hydrogens is 236 g/mol. The van der Waals surface area contributed by atoms with E-state index in [0.717, 1.165) is 6.42 Å². The van der Waals surface area contributed by atoms with E-state index in [9.17, 15) is 9.59 Å². The monoisotopic (exact) mass is 260 g/mol. The number of carboxylic acids is 1. The Kier molecular flexibility index (Phi) is 8.11. The fourth-order valence-electron chi connectivity index (χ4n) is 1.44. The summed E-state index contributed by atoms with van der Waals surface area (Å²) in [6.07, 6.45) is 0.646. The number of rotatable bonds is 8. The van der Waals surface area contributed by atoms with Crippen molar-refractivity contribution < 1.29 is 19.4 Å². The van der Waals surface area contributed by atoms with Crippen molar-refractivity contribution in [3.8, 4) is 0 Å². The summed E-state index contributed by atoms with van der Waals surface area (Å²) >= 11 is 0. The Hall–Kier alpha value is -1.30. The minimum Gasteiger partial charge on any atom is -0.481 e. The number of amides is 2. The number of nitrogens with one attached hydrogen (secondary N) is 2. The van der Waals surface area contributed by atoms with Gasteiger partial charge in [0, 0.05) is 25.8 Å². The molecule has 2 amide bonds. The van der Waals surface area contributed by atoms with Crippen LogP contribution in [-0.2, 0) is 9.53 Å². The second-order valence-corrected chi connectivity index (χ2v) is 4.75. The van der Waals surface area contributed by atoms with Gasteiger partial charge in [0.15, 0.2) is 0 Å². The van der Waals surface area contributed by atoms with Gasteiger partial charge in [0.2, 0.25) is 0 Å². The van der Waals surface area contributed by atoms with Crippen LogP contribution in [0.5, 0.6) is 0 Å². The van der Waals surface area contributed by atoms with Crippen molar-refractivity contribution in [3.05, 3.63) is 0 Å². The molecule has 0 aliphatic heterocycles. The number of carboxylic acid groups (broad SMARTS) is 1. The largest absolute Gasteiger partial charge is 0.481 e. The van der Waals surface area contributed by atoms with Gasteiger partial charge in [0.25, 0.3) is 0 Å². The molecule has 0 fully saturated rings. The fourth-order valence-corrected chi connectivity index (χ4v) is 1.44. The molecule has 6 heteroatoms. The molecule has 6 nitrogen and oxygen atoms in total. The van der Waals surface area contributed by atoms with Gasteiger partial charge in [-0.1, -0.05) is 13.8 Å². The van der Waals surface area contributed by atoms with Crippen LogP contribution in [0.15, 0.2) is 0 Å². The zero-order chi connectivity index (χ0) is 14.1. The minimum absolute atomic E-state index is 0.0115. The topological polar surface area (TPSA) is 87.7 Å². The standard InChI is InChI=1S/C12H24N2O4/c1-8(2)10(7-11(15)16)14-12(17)13-9(3)5-6-18-4/h8-10H,5-7H2,1-4H3,(H,15,16)(H2,13,14,17). The van der Waals surface area contributed by atoms with E-state index < -0.39 is 5.97 Å². The molecule has 0 aliphatic rings. The van der Waals surface area contributed by atoms with Crippen molar-refractivity contribution in [3.63, 3.8) is 0 Å². The molecule has 0 aliphatic carbocycles. The molecule has 0 spiro atoms. The lowest BCUT2D eigenvalue weighted by atomic mass is 10.0. The number of methoxy groups -OCH3 is 1. The predicted octanol–water partition coefficient (Wildman–Crippen LogP) is 1.21. The Balaban J connectivity index is 4.13. The third-order valence-corrected chi connectivity index (χ3v) is 2.65. The maximum atomic E-state index is 11.7. The Bertz CT molecular complexity index is 269. The lowest BCUT2D eigenvalue weighted by Gasteiger charge is -2.22. The van der Waals surface area contributed by atoms with Gasteiger partial charge in [-0.25, -0.2) is 4.79 Å². The normalized spacial score (nSPS) is 14.1. The molecule has 0 bridgehead atoms. The van der Waals surface area contributed by atoms with Crippen LogP contribution in [0.25, 0.3) is 0 Å². The van der Waals surface area contributed by atoms with E-state index in [2.05, 4.69) is 10.6 Å². The predicted molar refractivity (Wildman–Crippen MR) is 68.5 cm³/mol. The molecule has 0 aromatic carbocycles. The quantitative estimate of drug-likeness (QED) is 0.612. The zero-order valence-corrected chi connectivity index (χ0v) is 11.5. The van der Waals surface area contributed by atoms with Crippen molar-refractivity contribution in [2.45, 2.75) is 45.7 Å². The van der Waals surface area contributed by atoms with Crippen LogP contribution in [0.3, 0.4) is 0 Å². The number of hydrogen-bond donors (Lipinski definition) is 3. The number of hydrogen-bond acceptors (Lipinski definition) is 3. The SMILES string of the molecule is COCCC(C)NC(=O)NC(CC(=O)O)C(C)C. The summed E-state index contributed by atoms with van der Waals surface area (Å²) in [7, 11) is 1.61. The highest BCUT2D eigenvalue weighted by atomic mass is 16.5. The molecule has 0 saturated heterocycles. The first-order chi connectivity index (χ1) is 8.36. The maximum Gasteiger partial charge on any atom is 0.315 e. The van der Waals surface area contributed by atoms with E-state index in [1.54, 1.807) is 7.11 Å². The second-order valence-electron chi connectivity index (χ2n) is 4.75. The van der Waals surface area contributed by atoms with Crippen LogP contribution in [0.2, 0.25) is 0 Å². The van der Waals surface area contributed by atoms with Crippen molar-refractivity contribution in [2.24, 2.45) is 5.92 Å². The molecule has 106 valence electrons. The summed E-state index contributed by atoms with van der Waals surface area (Å²) in [4.78, 5) is 22.3. The summed E-state index contributed by atoms with van der Waals surface area (Å²) in [6.45, 7) is 6.20. The van der Waals surface area contributed by atoms with Crippen LogP contribution < -0.4 is 10.6 Å². The van der Waals surface area contributed by atoms with E-state index in [-0.39, 0.29) is 30.5 Å². The molecule has 2 atom stereocenters. The molecule has 0 aromatic rings. The highest BCUT2D eigenvalue weighted by molar-refractivity contribution is 5.76. The average molecular weight is 260 g/mol. The number of carbonyl (C=O) groups is 2. The summed E-state index contributed by atoms with van der Waals surface area (Å²) in [5.74, 6) is -0.845. The lowest BCUT2D eigenvalue weighted by molar-refractivity contribution is -0.137. The third-order valence-electron chi connectivity index (χ3n) is 2.65. The number of aliphatic carboxylic acids is 1. The maximum absolute atomic E-state index is 11.7. The van der Waals surface area contributed by atoms with Crippen molar-refractivity contribution >= 4 is 12.0 Å². The first-order valence-corrected chi connectivity index (χ1v) is 6.14. The van der Waals surface area contributed by atoms with Crippen molar-refractivity contribution in [1.82, 2.24) is 10.6 Å². The van der Waals surface area contributed by atoms with Crippen LogP contribution in [0.4, 0.5) is 4.79 Å². The molecule has 18 heavy (non-hydrogen) atoms. The van der Waals surface area contributed by atoms with Gasteiger partial charge >= 0.3 is 12.0 Å². The van der Waals surface area contributed by atoms with Gasteiger partial charge in [-0.05, 0) is 19.3 Å². The molecule has 0 saturated carbocycles. The molecule has 3 N–H and O–H groups in total. The highest BCUT2D eigenvalue weighted by Crippen LogP contribution is 2.06. The molecule has 0 heterocycles. The molecule has 0 radical (unpaired) electrons. The lowest BCUT2D eigenvalue weighted by Crippen LogP contribution is -2.48. The molecular formula is C12H24N2O4. The Morgan fingerprint density at radius 3 is 2.28 bits per heavy atom. The van der Waals surface area contributed by atoms with Gasteiger partial charge in [-0.3, -0.25) is 4.79 Å². The first kappa shape index (κ1) is 16.7. The van der Waals surface area contributed by atoms with Gasteiger partial charge < -0.3 is 20.5 Å². The average Bonchev–Trinajstić information content (AvgIpc) is 2.24. The van der Waals surface area contributed by atoms with Gasteiger partial charge in [-0.2, -0.15) is 0 Å². The molecule has 0 aromatic heterocycles. The summed E-state index contributed by atoms with van der Waals surface area (Å²) in [6, 6.07) is -0.710. The van der Waals surface area contributed by atoms with Gasteiger partial charge in [0.05, 0.1) is 6.42 Å². The van der Waals surface area contributed by atoms with E-state index in [4.69, 9.17) is 9.84 Å². The fraction of sp³-hybridized carbons (Fsp3) is 0.833. The third kappa shape index (κ3) is 7.89. The Labute approximate surface area is 108 Å². The van der Waals surface area contributed by atoms with Crippen molar-refractivity contribution in [1.29, 1.82) is 0 Å². The Morgan fingerprint density at radius 2 is 1.83 bits per heavy atom. The summed E-state index contributed by atoms with van der Waals surface area (Å²) in [5.41, 5.74) is 0. The van der Waals surface area contributed by atoms with Crippen LogP contribution in [0, 0.1) is 5.92 Å². The highest BCUT2D eigenvalue weighted by Gasteiger charge is 2.19. The van der Waals surface area contributed by atoms with Gasteiger partial charge in [0.1, 0.15) is 0 Å². The molecule has 0 rings (SSSR count). The smallest absolute Gasteiger partial charge is 0.315 e. The van der Waals surface area contributed by atoms with Gasteiger partial charge in [-0.15, -0.1) is 0 Å². The zero-order valence-electron chi connectivity index (χ0n) is 11.5. The second kappa shape index (κ2) is 8.74. The van der Waals surface area contributed by atoms with E-state index in [1.165, 1.54) is 0 Å². The molecule has 2 unspecified atom stereocenters. The van der Waals surface area contributed by atoms with E-state index >= 15 is 0 Å². The Morgan fingerprint density at radius 1 is 1.22 bits per heavy atom. The van der Waals surface area contributed by atoms with Crippen molar-refractivity contribution in [2.75, 3.05) is 13.7 Å². The minimum atomic E-state index is -0.915. The summed E-state index contributed by atoms with van der Waals surface area (Å²) < 4.78 is 4.92. The first-order valence-electron chi connectivity index (χ1n) is 6.14. The van der Waals surface area contributed by atoms with Crippen LogP contribution >= 0.6 is 0 Å².